The summed E-state index contributed by atoms with van der Waals surface area (Å²) in [6, 6.07) is 14.6. The first-order chi connectivity index (χ1) is 20.6. The van der Waals surface area contributed by atoms with E-state index in [1.807, 2.05) is 6.92 Å². The van der Waals surface area contributed by atoms with Gasteiger partial charge in [-0.05, 0) is 62.2 Å². The van der Waals surface area contributed by atoms with Gasteiger partial charge >= 0.3 is 6.18 Å². The summed E-state index contributed by atoms with van der Waals surface area (Å²) in [5.41, 5.74) is -0.695. The van der Waals surface area contributed by atoms with Crippen LogP contribution in [0.15, 0.2) is 81.3 Å². The fourth-order valence-corrected chi connectivity index (χ4v) is 6.17. The van der Waals surface area contributed by atoms with Crippen molar-refractivity contribution in [2.75, 3.05) is 25.4 Å². The zero-order valence-corrected chi connectivity index (χ0v) is 24.4. The number of hydrogen-bond donors (Lipinski definition) is 0. The summed E-state index contributed by atoms with van der Waals surface area (Å²) in [6.45, 7) is 3.28. The summed E-state index contributed by atoms with van der Waals surface area (Å²) in [4.78, 5) is 46.9. The Morgan fingerprint density at radius 3 is 2.58 bits per heavy atom. The lowest BCUT2D eigenvalue weighted by Gasteiger charge is -2.39. The van der Waals surface area contributed by atoms with Gasteiger partial charge in [-0.15, -0.1) is 0 Å². The van der Waals surface area contributed by atoms with Crippen LogP contribution in [0.4, 0.5) is 13.2 Å². The van der Waals surface area contributed by atoms with Crippen LogP contribution in [0.5, 0.6) is 0 Å². The van der Waals surface area contributed by atoms with Crippen LogP contribution in [0, 0.1) is 0 Å². The molecule has 2 aromatic carbocycles. The summed E-state index contributed by atoms with van der Waals surface area (Å²) < 4.78 is 46.7. The normalized spacial score (nSPS) is 15.7. The molecule has 1 fully saturated rings. The van der Waals surface area contributed by atoms with E-state index in [9.17, 15) is 27.6 Å². The summed E-state index contributed by atoms with van der Waals surface area (Å²) in [7, 11) is 0. The van der Waals surface area contributed by atoms with Crippen molar-refractivity contribution in [3.63, 3.8) is 0 Å². The maximum Gasteiger partial charge on any atom is 0.416 e. The highest BCUT2D eigenvalue weighted by atomic mass is 32.2. The minimum atomic E-state index is -4.54. The number of carbonyl (C=O) groups excluding carboxylic acids is 2. The van der Waals surface area contributed by atoms with E-state index in [2.05, 4.69) is 4.98 Å². The van der Waals surface area contributed by atoms with E-state index in [4.69, 9.17) is 4.42 Å². The van der Waals surface area contributed by atoms with Gasteiger partial charge in [0.1, 0.15) is 0 Å². The minimum Gasteiger partial charge on any atom is -0.459 e. The second kappa shape index (κ2) is 13.1. The predicted octanol–water partition coefficient (Wildman–Crippen LogP) is 6.02. The van der Waals surface area contributed by atoms with Gasteiger partial charge < -0.3 is 14.2 Å². The molecule has 43 heavy (non-hydrogen) atoms. The molecule has 4 aromatic rings. The number of carbonyl (C=O) groups is 2. The molecule has 2 aromatic heterocycles. The van der Waals surface area contributed by atoms with E-state index in [1.54, 1.807) is 46.2 Å². The van der Waals surface area contributed by atoms with Gasteiger partial charge in [0.15, 0.2) is 10.9 Å². The molecule has 1 aliphatic rings. The molecule has 0 radical (unpaired) electrons. The van der Waals surface area contributed by atoms with Gasteiger partial charge in [-0.3, -0.25) is 19.0 Å². The molecule has 5 rings (SSSR count). The molecule has 226 valence electrons. The first-order valence-electron chi connectivity index (χ1n) is 14.1. The third kappa shape index (κ3) is 6.96. The molecule has 1 aliphatic heterocycles. The van der Waals surface area contributed by atoms with E-state index in [0.29, 0.717) is 54.3 Å². The number of amides is 2. The van der Waals surface area contributed by atoms with Crippen molar-refractivity contribution in [3.8, 4) is 5.69 Å². The first-order valence-corrected chi connectivity index (χ1v) is 15.1. The van der Waals surface area contributed by atoms with E-state index in [0.717, 1.165) is 25.0 Å². The molecule has 0 spiro atoms. The lowest BCUT2D eigenvalue weighted by atomic mass is 10.1. The number of benzene rings is 2. The van der Waals surface area contributed by atoms with Crippen LogP contribution in [-0.4, -0.2) is 62.6 Å². The van der Waals surface area contributed by atoms with Gasteiger partial charge in [0.25, 0.3) is 11.5 Å². The van der Waals surface area contributed by atoms with Crippen LogP contribution in [0.1, 0.15) is 48.7 Å². The Kier molecular flexibility index (Phi) is 9.24. The third-order valence-corrected chi connectivity index (χ3v) is 8.44. The maximum atomic E-state index is 13.4. The average Bonchev–Trinajstić information content (AvgIpc) is 3.53. The summed E-state index contributed by atoms with van der Waals surface area (Å²) in [5.74, 6) is 0.721. The summed E-state index contributed by atoms with van der Waals surface area (Å²) in [5, 5.41) is 0.637. The number of unbranched alkanes of at least 4 members (excludes halogenated alkanes) is 2. The molecule has 0 N–H and O–H groups in total. The number of halogens is 3. The average molecular weight is 613 g/mol. The molecule has 1 saturated heterocycles. The SMILES string of the molecule is CC1CN(C(=O)CCCCCSc2nc3ccccc3c(=O)n2-c2cccc(C(F)(F)F)c2)CCN1C(=O)c1ccco1. The van der Waals surface area contributed by atoms with E-state index >= 15 is 0 Å². The molecule has 0 bridgehead atoms. The van der Waals surface area contributed by atoms with Crippen LogP contribution in [0.25, 0.3) is 16.6 Å². The number of furan rings is 1. The van der Waals surface area contributed by atoms with Crippen molar-refractivity contribution in [3.05, 3.63) is 88.6 Å². The van der Waals surface area contributed by atoms with E-state index in [-0.39, 0.29) is 29.3 Å². The number of nitrogens with zero attached hydrogens (tertiary/aromatic N) is 4. The zero-order valence-electron chi connectivity index (χ0n) is 23.5. The molecule has 3 heterocycles. The largest absolute Gasteiger partial charge is 0.459 e. The number of para-hydroxylation sites is 1. The Labute approximate surface area is 250 Å². The number of fused-ring (bicyclic) bond motifs is 1. The second-order valence-electron chi connectivity index (χ2n) is 10.4. The van der Waals surface area contributed by atoms with Crippen molar-refractivity contribution in [2.24, 2.45) is 0 Å². The Morgan fingerprint density at radius 1 is 1.02 bits per heavy atom. The highest BCUT2D eigenvalue weighted by Crippen LogP contribution is 2.31. The molecule has 0 aliphatic carbocycles. The van der Waals surface area contributed by atoms with Crippen molar-refractivity contribution in [1.82, 2.24) is 19.4 Å². The second-order valence-corrected chi connectivity index (χ2v) is 11.5. The van der Waals surface area contributed by atoms with Gasteiger partial charge in [-0.2, -0.15) is 13.2 Å². The fraction of sp³-hybridized carbons (Fsp3) is 0.355. The lowest BCUT2D eigenvalue weighted by molar-refractivity contribution is -0.137. The van der Waals surface area contributed by atoms with Crippen molar-refractivity contribution < 1.29 is 27.2 Å². The number of rotatable bonds is 9. The monoisotopic (exact) mass is 612 g/mol. The van der Waals surface area contributed by atoms with Crippen LogP contribution >= 0.6 is 11.8 Å². The Morgan fingerprint density at radius 2 is 1.84 bits per heavy atom. The first kappa shape index (κ1) is 30.4. The Balaban J connectivity index is 1.16. The predicted molar refractivity (Wildman–Crippen MR) is 157 cm³/mol. The highest BCUT2D eigenvalue weighted by molar-refractivity contribution is 7.99. The standard InChI is InChI=1S/C31H31F3N4O4S/c1-21-20-36(15-16-37(21)29(41)26-13-8-17-42-26)27(39)14-3-2-6-18-43-30-35-25-12-5-4-11-24(25)28(40)38(30)23-10-7-9-22(19-23)31(32,33)34/h4-5,7-13,17,19,21H,2-3,6,14-16,18,20H2,1H3. The van der Waals surface area contributed by atoms with Crippen LogP contribution in [0.3, 0.4) is 0 Å². The minimum absolute atomic E-state index is 0.0409. The topological polar surface area (TPSA) is 88.7 Å². The molecule has 0 saturated carbocycles. The van der Waals surface area contributed by atoms with Gasteiger partial charge in [0, 0.05) is 37.8 Å². The number of alkyl halides is 3. The Hall–Kier alpha value is -4.06. The zero-order chi connectivity index (χ0) is 30.6. The van der Waals surface area contributed by atoms with Gasteiger partial charge in [0.05, 0.1) is 28.4 Å². The fourth-order valence-electron chi connectivity index (χ4n) is 5.16. The number of thioether (sulfide) groups is 1. The van der Waals surface area contributed by atoms with Crippen LogP contribution < -0.4 is 5.56 Å². The molecule has 12 heteroatoms. The molecular formula is C31H31F3N4O4S. The van der Waals surface area contributed by atoms with E-state index < -0.39 is 17.3 Å². The van der Waals surface area contributed by atoms with Crippen molar-refractivity contribution in [1.29, 1.82) is 0 Å². The lowest BCUT2D eigenvalue weighted by Crippen LogP contribution is -2.55. The quantitative estimate of drug-likeness (QED) is 0.130. The molecule has 2 amide bonds. The Bertz CT molecular complexity index is 1660. The molecule has 1 unspecified atom stereocenters. The number of piperazine rings is 1. The number of hydrogen-bond acceptors (Lipinski definition) is 6. The number of aromatic nitrogens is 2. The summed E-state index contributed by atoms with van der Waals surface area (Å²) >= 11 is 1.30. The molecule has 8 nitrogen and oxygen atoms in total. The maximum absolute atomic E-state index is 13.4. The van der Waals surface area contributed by atoms with Crippen LogP contribution in [-0.2, 0) is 11.0 Å². The molecular weight excluding hydrogens is 581 g/mol. The highest BCUT2D eigenvalue weighted by Gasteiger charge is 2.32. The van der Waals surface area contributed by atoms with E-state index in [1.165, 1.54) is 34.7 Å². The molecule has 1 atom stereocenters. The third-order valence-electron chi connectivity index (χ3n) is 7.42. The van der Waals surface area contributed by atoms with Crippen LogP contribution in [0.2, 0.25) is 0 Å². The van der Waals surface area contributed by atoms with Gasteiger partial charge in [-0.1, -0.05) is 36.4 Å². The van der Waals surface area contributed by atoms with Gasteiger partial charge in [-0.25, -0.2) is 4.98 Å². The van der Waals surface area contributed by atoms with Crippen molar-refractivity contribution in [2.45, 2.75) is 50.0 Å². The smallest absolute Gasteiger partial charge is 0.416 e. The van der Waals surface area contributed by atoms with Crippen molar-refractivity contribution >= 4 is 34.5 Å². The summed E-state index contributed by atoms with van der Waals surface area (Å²) in [6.07, 6.45) is -0.545. The van der Waals surface area contributed by atoms with Gasteiger partial charge in [0.2, 0.25) is 5.91 Å².